The second-order valence-corrected chi connectivity index (χ2v) is 7.43. The van der Waals surface area contributed by atoms with E-state index in [0.29, 0.717) is 50.8 Å². The molecule has 0 amide bonds. The summed E-state index contributed by atoms with van der Waals surface area (Å²) in [4.78, 5) is 38.0. The predicted octanol–water partition coefficient (Wildman–Crippen LogP) is 3.55. The van der Waals surface area contributed by atoms with Gasteiger partial charge in [-0.2, -0.15) is 0 Å². The number of hydrogen-bond donors (Lipinski definition) is 3. The molecule has 0 radical (unpaired) electrons. The third-order valence-corrected chi connectivity index (χ3v) is 5.36. The summed E-state index contributed by atoms with van der Waals surface area (Å²) in [5.41, 5.74) is 5.25. The van der Waals surface area contributed by atoms with Crippen LogP contribution >= 0.6 is 11.6 Å². The Morgan fingerprint density at radius 1 is 1.16 bits per heavy atom. The van der Waals surface area contributed by atoms with E-state index in [1.165, 1.54) is 11.0 Å². The zero-order valence-corrected chi connectivity index (χ0v) is 17.7. The standard InChI is InChI=1S/C21H18ClN9O/c1-2-14(28-19-17-18(25-10-24-17)26-11-27-19)20-29-15-5-3-4-13(22)16(15)21(32)31(20)30-12-6-8-23-9-7-12/h3-11,14H,2H2,1H3,(H,23,30)(H2,24,25,26,27,28). The van der Waals surface area contributed by atoms with Gasteiger partial charge in [-0.1, -0.05) is 24.6 Å². The third-order valence-electron chi connectivity index (χ3n) is 5.05. The van der Waals surface area contributed by atoms with Gasteiger partial charge in [-0.15, -0.1) is 0 Å². The zero-order chi connectivity index (χ0) is 22.1. The smallest absolute Gasteiger partial charge is 0.281 e. The largest absolute Gasteiger partial charge is 0.358 e. The maximum atomic E-state index is 13.5. The highest BCUT2D eigenvalue weighted by Crippen LogP contribution is 2.26. The average molecular weight is 448 g/mol. The van der Waals surface area contributed by atoms with Crippen LogP contribution in [-0.4, -0.2) is 34.6 Å². The van der Waals surface area contributed by atoms with Crippen molar-refractivity contribution in [3.63, 3.8) is 0 Å². The molecule has 160 valence electrons. The Bertz CT molecular complexity index is 1470. The van der Waals surface area contributed by atoms with Gasteiger partial charge in [0.2, 0.25) is 0 Å². The van der Waals surface area contributed by atoms with E-state index >= 15 is 0 Å². The average Bonchev–Trinajstić information content (AvgIpc) is 3.30. The number of H-pyrrole nitrogens is 1. The normalized spacial score (nSPS) is 12.2. The fourth-order valence-corrected chi connectivity index (χ4v) is 3.74. The number of rotatable bonds is 6. The highest BCUT2D eigenvalue weighted by molar-refractivity contribution is 6.35. The van der Waals surface area contributed by atoms with Crippen molar-refractivity contribution in [1.82, 2.24) is 34.6 Å². The molecule has 0 saturated heterocycles. The topological polar surface area (TPSA) is 126 Å². The highest BCUT2D eigenvalue weighted by Gasteiger charge is 2.22. The van der Waals surface area contributed by atoms with E-state index in [9.17, 15) is 4.79 Å². The molecule has 4 aromatic heterocycles. The van der Waals surface area contributed by atoms with E-state index in [-0.39, 0.29) is 11.6 Å². The summed E-state index contributed by atoms with van der Waals surface area (Å²) in [7, 11) is 0. The summed E-state index contributed by atoms with van der Waals surface area (Å²) < 4.78 is 1.41. The van der Waals surface area contributed by atoms with Crippen LogP contribution in [0, 0.1) is 0 Å². The molecule has 1 unspecified atom stereocenters. The SMILES string of the molecule is CCC(Nc1ncnc2nc[nH]c12)c1nc2cccc(Cl)c2c(=O)n1Nc1ccncc1. The molecule has 0 aliphatic rings. The van der Waals surface area contributed by atoms with E-state index in [2.05, 4.69) is 35.7 Å². The summed E-state index contributed by atoms with van der Waals surface area (Å²) in [5.74, 6) is 1.05. The Kier molecular flexibility index (Phi) is 5.12. The van der Waals surface area contributed by atoms with Crippen LogP contribution in [-0.2, 0) is 0 Å². The molecule has 3 N–H and O–H groups in total. The molecule has 5 rings (SSSR count). The minimum absolute atomic E-state index is 0.304. The number of nitrogens with zero attached hydrogens (tertiary/aromatic N) is 6. The lowest BCUT2D eigenvalue weighted by molar-refractivity contribution is 0.640. The minimum Gasteiger partial charge on any atom is -0.358 e. The van der Waals surface area contributed by atoms with E-state index < -0.39 is 0 Å². The van der Waals surface area contributed by atoms with Gasteiger partial charge in [-0.25, -0.2) is 24.6 Å². The van der Waals surface area contributed by atoms with Crippen molar-refractivity contribution in [3.05, 3.63) is 76.6 Å². The summed E-state index contributed by atoms with van der Waals surface area (Å²) in [6.45, 7) is 1.99. The minimum atomic E-state index is -0.359. The van der Waals surface area contributed by atoms with E-state index in [4.69, 9.17) is 16.6 Å². The van der Waals surface area contributed by atoms with Crippen LogP contribution in [0.4, 0.5) is 11.5 Å². The lowest BCUT2D eigenvalue weighted by Crippen LogP contribution is -2.34. The van der Waals surface area contributed by atoms with Crippen LogP contribution in [0.1, 0.15) is 25.2 Å². The van der Waals surface area contributed by atoms with Crippen molar-refractivity contribution >= 4 is 45.2 Å². The van der Waals surface area contributed by atoms with Crippen molar-refractivity contribution in [1.29, 1.82) is 0 Å². The van der Waals surface area contributed by atoms with E-state index in [1.807, 2.05) is 6.92 Å². The first-order valence-electron chi connectivity index (χ1n) is 9.94. The van der Waals surface area contributed by atoms with Crippen LogP contribution in [0.15, 0.2) is 60.2 Å². The second-order valence-electron chi connectivity index (χ2n) is 7.02. The highest BCUT2D eigenvalue weighted by atomic mass is 35.5. The maximum Gasteiger partial charge on any atom is 0.281 e. The number of benzene rings is 1. The van der Waals surface area contributed by atoms with Crippen molar-refractivity contribution < 1.29 is 0 Å². The van der Waals surface area contributed by atoms with Crippen LogP contribution in [0.3, 0.4) is 0 Å². The molecule has 0 aliphatic carbocycles. The molecular weight excluding hydrogens is 430 g/mol. The lowest BCUT2D eigenvalue weighted by Gasteiger charge is -2.23. The molecule has 0 bridgehead atoms. The summed E-state index contributed by atoms with van der Waals surface area (Å²) in [6.07, 6.45) is 6.90. The first-order valence-corrected chi connectivity index (χ1v) is 10.3. The van der Waals surface area contributed by atoms with Crippen molar-refractivity contribution in [2.75, 3.05) is 10.7 Å². The van der Waals surface area contributed by atoms with Gasteiger partial charge in [0.1, 0.15) is 11.8 Å². The summed E-state index contributed by atoms with van der Waals surface area (Å²) in [5, 5.41) is 4.06. The van der Waals surface area contributed by atoms with E-state index in [0.717, 1.165) is 0 Å². The number of fused-ring (bicyclic) bond motifs is 2. The van der Waals surface area contributed by atoms with Crippen molar-refractivity contribution in [2.24, 2.45) is 0 Å². The summed E-state index contributed by atoms with van der Waals surface area (Å²) >= 11 is 6.35. The number of aromatic amines is 1. The fraction of sp³-hybridized carbons (Fsp3) is 0.143. The number of hydrogen-bond acceptors (Lipinski definition) is 8. The molecule has 0 spiro atoms. The van der Waals surface area contributed by atoms with Gasteiger partial charge in [0, 0.05) is 12.4 Å². The Balaban J connectivity index is 1.67. The number of anilines is 2. The predicted molar refractivity (Wildman–Crippen MR) is 123 cm³/mol. The Morgan fingerprint density at radius 2 is 2.00 bits per heavy atom. The van der Waals surface area contributed by atoms with Crippen LogP contribution in [0.25, 0.3) is 22.1 Å². The van der Waals surface area contributed by atoms with Gasteiger partial charge >= 0.3 is 0 Å². The van der Waals surface area contributed by atoms with Gasteiger partial charge in [0.05, 0.1) is 34.0 Å². The van der Waals surface area contributed by atoms with Crippen molar-refractivity contribution in [2.45, 2.75) is 19.4 Å². The van der Waals surface area contributed by atoms with Crippen LogP contribution < -0.4 is 16.3 Å². The number of imidazole rings is 1. The van der Waals surface area contributed by atoms with Gasteiger partial charge in [0.15, 0.2) is 17.3 Å². The Labute approximate surface area is 186 Å². The summed E-state index contributed by atoms with van der Waals surface area (Å²) in [6, 6.07) is 8.39. The third kappa shape index (κ3) is 3.50. The zero-order valence-electron chi connectivity index (χ0n) is 17.0. The Morgan fingerprint density at radius 3 is 2.81 bits per heavy atom. The second kappa shape index (κ2) is 8.23. The monoisotopic (exact) mass is 447 g/mol. The van der Waals surface area contributed by atoms with Crippen molar-refractivity contribution in [3.8, 4) is 0 Å². The molecule has 5 aromatic rings. The van der Waals surface area contributed by atoms with Crippen LogP contribution in [0.2, 0.25) is 5.02 Å². The van der Waals surface area contributed by atoms with E-state index in [1.54, 1.807) is 49.1 Å². The number of halogens is 1. The molecule has 10 nitrogen and oxygen atoms in total. The molecule has 1 aromatic carbocycles. The van der Waals surface area contributed by atoms with Gasteiger partial charge < -0.3 is 10.3 Å². The number of aromatic nitrogens is 7. The maximum absolute atomic E-state index is 13.5. The molecule has 0 fully saturated rings. The van der Waals surface area contributed by atoms with Crippen LogP contribution in [0.5, 0.6) is 0 Å². The molecule has 0 saturated carbocycles. The van der Waals surface area contributed by atoms with Gasteiger partial charge in [-0.05, 0) is 30.7 Å². The molecule has 32 heavy (non-hydrogen) atoms. The molecular formula is C21H18ClN9O. The molecule has 4 heterocycles. The fourth-order valence-electron chi connectivity index (χ4n) is 3.49. The lowest BCUT2D eigenvalue weighted by atomic mass is 10.1. The van der Waals surface area contributed by atoms with Gasteiger partial charge in [0.25, 0.3) is 5.56 Å². The quantitative estimate of drug-likeness (QED) is 0.360. The number of pyridine rings is 1. The molecule has 0 aliphatic heterocycles. The molecule has 1 atom stereocenters. The number of nitrogens with one attached hydrogen (secondary N) is 3. The molecule has 11 heteroatoms. The van der Waals surface area contributed by atoms with Gasteiger partial charge in [-0.3, -0.25) is 15.2 Å². The Hall–Kier alpha value is -4.05. The first kappa shape index (κ1) is 19.9. The first-order chi connectivity index (χ1) is 15.7.